The molecule has 0 saturated heterocycles. The summed E-state index contributed by atoms with van der Waals surface area (Å²) in [6, 6.07) is 6.33. The van der Waals surface area contributed by atoms with Gasteiger partial charge in [0, 0.05) is 22.5 Å². The predicted octanol–water partition coefficient (Wildman–Crippen LogP) is 4.29. The molecular weight excluding hydrogens is 280 g/mol. The van der Waals surface area contributed by atoms with Gasteiger partial charge in [-0.15, -0.1) is 0 Å². The second-order valence-corrected chi connectivity index (χ2v) is 6.07. The van der Waals surface area contributed by atoms with Gasteiger partial charge in [0.25, 0.3) is 5.22 Å². The van der Waals surface area contributed by atoms with E-state index in [9.17, 15) is 0 Å². The molecule has 19 heavy (non-hydrogen) atoms. The third-order valence-electron chi connectivity index (χ3n) is 2.53. The lowest BCUT2D eigenvalue weighted by molar-refractivity contribution is 0.454. The van der Waals surface area contributed by atoms with Crippen LogP contribution in [0.3, 0.4) is 0 Å². The molecule has 102 valence electrons. The van der Waals surface area contributed by atoms with Gasteiger partial charge in [0.05, 0.1) is 5.69 Å². The third-order valence-corrected chi connectivity index (χ3v) is 3.72. The van der Waals surface area contributed by atoms with Gasteiger partial charge >= 0.3 is 0 Å². The molecule has 5 heteroatoms. The summed E-state index contributed by atoms with van der Waals surface area (Å²) in [6.07, 6.45) is 1.65. The van der Waals surface area contributed by atoms with E-state index in [1.54, 1.807) is 6.26 Å². The lowest BCUT2D eigenvalue weighted by Crippen LogP contribution is -2.22. The minimum absolute atomic E-state index is 0.442. The summed E-state index contributed by atoms with van der Waals surface area (Å²) in [5.41, 5.74) is 2.07. The fraction of sp³-hybridized carbons (Fsp3) is 0.357. The van der Waals surface area contributed by atoms with Gasteiger partial charge in [-0.2, -0.15) is 0 Å². The van der Waals surface area contributed by atoms with Crippen LogP contribution in [-0.2, 0) is 6.54 Å². The molecule has 0 amide bonds. The van der Waals surface area contributed by atoms with Crippen molar-refractivity contribution in [2.24, 2.45) is 0 Å². The summed E-state index contributed by atoms with van der Waals surface area (Å²) in [7, 11) is 0. The molecule has 1 aromatic carbocycles. The molecule has 0 unspecified atom stereocenters. The van der Waals surface area contributed by atoms with Gasteiger partial charge in [0.2, 0.25) is 0 Å². The summed E-state index contributed by atoms with van der Waals surface area (Å²) in [5, 5.41) is 4.77. The fourth-order valence-corrected chi connectivity index (χ4v) is 2.72. The van der Waals surface area contributed by atoms with E-state index in [1.165, 1.54) is 17.3 Å². The van der Waals surface area contributed by atoms with Gasteiger partial charge in [-0.3, -0.25) is 0 Å². The van der Waals surface area contributed by atoms with E-state index in [0.717, 1.165) is 22.2 Å². The van der Waals surface area contributed by atoms with Crippen molar-refractivity contribution in [3.8, 4) is 0 Å². The van der Waals surface area contributed by atoms with Crippen LogP contribution in [0.2, 0.25) is 5.02 Å². The number of aryl methyl sites for hydroxylation is 1. The summed E-state index contributed by atoms with van der Waals surface area (Å²) >= 11 is 7.56. The maximum absolute atomic E-state index is 6.07. The number of halogens is 1. The van der Waals surface area contributed by atoms with E-state index in [0.29, 0.717) is 11.3 Å². The van der Waals surface area contributed by atoms with Gasteiger partial charge < -0.3 is 9.73 Å². The Kier molecular flexibility index (Phi) is 4.91. The lowest BCUT2D eigenvalue weighted by Gasteiger charge is -2.11. The summed E-state index contributed by atoms with van der Waals surface area (Å²) in [6.45, 7) is 6.96. The Hall–Kier alpha value is -0.970. The maximum atomic E-state index is 6.07. The van der Waals surface area contributed by atoms with E-state index in [1.807, 2.05) is 25.1 Å². The summed E-state index contributed by atoms with van der Waals surface area (Å²) in [4.78, 5) is 5.38. The molecule has 0 fully saturated rings. The molecule has 0 radical (unpaired) electrons. The van der Waals surface area contributed by atoms with Crippen LogP contribution in [0, 0.1) is 6.92 Å². The zero-order valence-electron chi connectivity index (χ0n) is 11.2. The van der Waals surface area contributed by atoms with Crippen LogP contribution in [0.25, 0.3) is 0 Å². The number of hydrogen-bond donors (Lipinski definition) is 1. The van der Waals surface area contributed by atoms with E-state index in [4.69, 9.17) is 16.0 Å². The topological polar surface area (TPSA) is 38.1 Å². The predicted molar refractivity (Wildman–Crippen MR) is 78.8 cm³/mol. The normalized spacial score (nSPS) is 11.2. The Morgan fingerprint density at radius 2 is 2.21 bits per heavy atom. The molecule has 1 aromatic heterocycles. The van der Waals surface area contributed by atoms with Crippen LogP contribution in [-0.4, -0.2) is 11.0 Å². The van der Waals surface area contributed by atoms with Crippen molar-refractivity contribution >= 4 is 23.4 Å². The van der Waals surface area contributed by atoms with E-state index in [-0.39, 0.29) is 0 Å². The highest BCUT2D eigenvalue weighted by molar-refractivity contribution is 7.99. The molecule has 0 aliphatic rings. The molecule has 1 N–H and O–H groups in total. The van der Waals surface area contributed by atoms with Crippen LogP contribution in [0.5, 0.6) is 0 Å². The Morgan fingerprint density at radius 3 is 2.84 bits per heavy atom. The first kappa shape index (κ1) is 14.4. The van der Waals surface area contributed by atoms with E-state index in [2.05, 4.69) is 24.1 Å². The molecule has 3 nitrogen and oxygen atoms in total. The largest absolute Gasteiger partial charge is 0.439 e. The number of aromatic nitrogens is 1. The van der Waals surface area contributed by atoms with Crippen molar-refractivity contribution in [1.82, 2.24) is 10.3 Å². The van der Waals surface area contributed by atoms with Crippen molar-refractivity contribution in [3.63, 3.8) is 0 Å². The van der Waals surface area contributed by atoms with Crippen LogP contribution in [0.15, 0.2) is 39.0 Å². The van der Waals surface area contributed by atoms with Crippen molar-refractivity contribution < 1.29 is 4.42 Å². The second-order valence-electron chi connectivity index (χ2n) is 4.64. The first-order valence-corrected chi connectivity index (χ1v) is 7.36. The molecule has 0 atom stereocenters. The van der Waals surface area contributed by atoms with Gasteiger partial charge in [0.1, 0.15) is 6.26 Å². The smallest absolute Gasteiger partial charge is 0.260 e. The minimum atomic E-state index is 0.442. The minimum Gasteiger partial charge on any atom is -0.439 e. The van der Waals surface area contributed by atoms with Crippen LogP contribution < -0.4 is 5.32 Å². The molecule has 0 spiro atoms. The number of hydrogen-bond acceptors (Lipinski definition) is 4. The van der Waals surface area contributed by atoms with Crippen LogP contribution in [0.1, 0.15) is 25.1 Å². The molecule has 2 rings (SSSR count). The molecule has 0 aliphatic heterocycles. The molecular formula is C14H17ClN2OS. The molecule has 0 bridgehead atoms. The highest BCUT2D eigenvalue weighted by Gasteiger charge is 2.09. The lowest BCUT2D eigenvalue weighted by atomic mass is 10.2. The number of nitrogens with one attached hydrogen (secondary N) is 1. The second kappa shape index (κ2) is 6.46. The first-order valence-electron chi connectivity index (χ1n) is 6.16. The summed E-state index contributed by atoms with van der Waals surface area (Å²) in [5.74, 6) is 0. The maximum Gasteiger partial charge on any atom is 0.260 e. The van der Waals surface area contributed by atoms with Crippen LogP contribution >= 0.6 is 23.4 Å². The number of oxazole rings is 1. The molecule has 0 aliphatic carbocycles. The van der Waals surface area contributed by atoms with Gasteiger partial charge in [-0.05, 0) is 36.4 Å². The Balaban J connectivity index is 2.19. The first-order chi connectivity index (χ1) is 9.04. The van der Waals surface area contributed by atoms with E-state index >= 15 is 0 Å². The van der Waals surface area contributed by atoms with Crippen molar-refractivity contribution in [2.75, 3.05) is 0 Å². The fourth-order valence-electron chi connectivity index (χ4n) is 1.56. The standard InChI is InChI=1S/C14H17ClN2OS/c1-9(2)16-7-11-4-5-12(15)6-13(11)19-14-17-10(3)8-18-14/h4-6,8-9,16H,7H2,1-3H3. The Morgan fingerprint density at radius 1 is 1.42 bits per heavy atom. The van der Waals surface area contributed by atoms with Crippen molar-refractivity contribution in [3.05, 3.63) is 40.7 Å². The molecule has 1 heterocycles. The third kappa shape index (κ3) is 4.27. The van der Waals surface area contributed by atoms with E-state index < -0.39 is 0 Å². The summed E-state index contributed by atoms with van der Waals surface area (Å²) < 4.78 is 5.38. The number of nitrogens with zero attached hydrogens (tertiary/aromatic N) is 1. The zero-order chi connectivity index (χ0) is 13.8. The Bertz CT molecular complexity index is 554. The molecule has 0 saturated carbocycles. The highest BCUT2D eigenvalue weighted by atomic mass is 35.5. The average molecular weight is 297 g/mol. The van der Waals surface area contributed by atoms with Crippen molar-refractivity contribution in [2.45, 2.75) is 43.5 Å². The van der Waals surface area contributed by atoms with Crippen molar-refractivity contribution in [1.29, 1.82) is 0 Å². The van der Waals surface area contributed by atoms with Gasteiger partial charge in [0.15, 0.2) is 0 Å². The Labute approximate surface area is 122 Å². The number of benzene rings is 1. The average Bonchev–Trinajstić information content (AvgIpc) is 2.73. The molecule has 2 aromatic rings. The van der Waals surface area contributed by atoms with Gasteiger partial charge in [-0.25, -0.2) is 4.98 Å². The highest BCUT2D eigenvalue weighted by Crippen LogP contribution is 2.32. The SMILES string of the molecule is Cc1coc(Sc2cc(Cl)ccc2CNC(C)C)n1. The quantitative estimate of drug-likeness (QED) is 0.893. The van der Waals surface area contributed by atoms with Gasteiger partial charge in [-0.1, -0.05) is 31.5 Å². The number of rotatable bonds is 5. The van der Waals surface area contributed by atoms with Crippen LogP contribution in [0.4, 0.5) is 0 Å². The zero-order valence-corrected chi connectivity index (χ0v) is 12.8. The monoisotopic (exact) mass is 296 g/mol.